The summed E-state index contributed by atoms with van der Waals surface area (Å²) in [4.78, 5) is 22.9. The third kappa shape index (κ3) is 3.18. The molecule has 1 aliphatic carbocycles. The molecule has 0 spiro atoms. The Kier molecular flexibility index (Phi) is 4.12. The van der Waals surface area contributed by atoms with Crippen LogP contribution in [-0.4, -0.2) is 17.0 Å². The van der Waals surface area contributed by atoms with Gasteiger partial charge >= 0.3 is 5.97 Å². The van der Waals surface area contributed by atoms with Crippen molar-refractivity contribution < 1.29 is 14.7 Å². The monoisotopic (exact) mass is 275 g/mol. The number of aliphatic carboxylic acids is 1. The molecule has 0 aromatic heterocycles. The second-order valence-corrected chi connectivity index (χ2v) is 5.86. The molecule has 1 amide bonds. The standard InChI is InChI=1S/C16H21NO3/c1-11(2)16(8-9-16)15(20)17-13-5-3-4-12(10-13)6-7-14(18)19/h3-5,10-11H,6-9H2,1-2H3,(H,17,20)(H,18,19). The van der Waals surface area contributed by atoms with E-state index in [2.05, 4.69) is 19.2 Å². The SMILES string of the molecule is CC(C)C1(C(=O)Nc2cccc(CCC(=O)O)c2)CC1. The third-order valence-electron chi connectivity index (χ3n) is 4.16. The van der Waals surface area contributed by atoms with Gasteiger partial charge in [0.15, 0.2) is 0 Å². The maximum absolute atomic E-state index is 12.3. The number of carboxylic acid groups (broad SMARTS) is 1. The molecular weight excluding hydrogens is 254 g/mol. The Morgan fingerprint density at radius 3 is 2.60 bits per heavy atom. The fraction of sp³-hybridized carbons (Fsp3) is 0.500. The molecule has 20 heavy (non-hydrogen) atoms. The van der Waals surface area contributed by atoms with Crippen LogP contribution in [0.25, 0.3) is 0 Å². The predicted molar refractivity (Wildman–Crippen MR) is 77.5 cm³/mol. The molecule has 0 bridgehead atoms. The Morgan fingerprint density at radius 1 is 1.35 bits per heavy atom. The lowest BCUT2D eigenvalue weighted by Crippen LogP contribution is -2.28. The van der Waals surface area contributed by atoms with Gasteiger partial charge in [-0.25, -0.2) is 0 Å². The summed E-state index contributed by atoms with van der Waals surface area (Å²) < 4.78 is 0. The number of aryl methyl sites for hydroxylation is 1. The number of carbonyl (C=O) groups excluding carboxylic acids is 1. The van der Waals surface area contributed by atoms with Crippen molar-refractivity contribution in [3.05, 3.63) is 29.8 Å². The summed E-state index contributed by atoms with van der Waals surface area (Å²) in [6.07, 6.45) is 2.49. The Labute approximate surface area is 119 Å². The molecule has 1 aromatic rings. The lowest BCUT2D eigenvalue weighted by Gasteiger charge is -2.19. The molecule has 1 aromatic carbocycles. The van der Waals surface area contributed by atoms with Gasteiger partial charge in [0.1, 0.15) is 0 Å². The molecule has 0 radical (unpaired) electrons. The summed E-state index contributed by atoms with van der Waals surface area (Å²) in [7, 11) is 0. The molecule has 0 aliphatic heterocycles. The number of benzene rings is 1. The number of nitrogens with one attached hydrogen (secondary N) is 1. The van der Waals surface area contributed by atoms with Gasteiger partial charge in [-0.2, -0.15) is 0 Å². The second-order valence-electron chi connectivity index (χ2n) is 5.86. The minimum Gasteiger partial charge on any atom is -0.481 e. The van der Waals surface area contributed by atoms with Crippen molar-refractivity contribution in [1.82, 2.24) is 0 Å². The van der Waals surface area contributed by atoms with E-state index in [0.29, 0.717) is 12.3 Å². The number of carboxylic acids is 1. The van der Waals surface area contributed by atoms with E-state index in [-0.39, 0.29) is 17.7 Å². The molecule has 0 atom stereocenters. The highest BCUT2D eigenvalue weighted by Gasteiger charge is 2.52. The van der Waals surface area contributed by atoms with Crippen LogP contribution in [0, 0.1) is 11.3 Å². The third-order valence-corrected chi connectivity index (χ3v) is 4.16. The van der Waals surface area contributed by atoms with E-state index in [0.717, 1.165) is 24.1 Å². The largest absolute Gasteiger partial charge is 0.481 e. The number of anilines is 1. The first-order valence-electron chi connectivity index (χ1n) is 7.06. The van der Waals surface area contributed by atoms with Crippen LogP contribution in [0.4, 0.5) is 5.69 Å². The number of carbonyl (C=O) groups is 2. The molecule has 4 nitrogen and oxygen atoms in total. The average Bonchev–Trinajstić information content (AvgIpc) is 3.18. The maximum Gasteiger partial charge on any atom is 0.303 e. The van der Waals surface area contributed by atoms with E-state index in [1.165, 1.54) is 0 Å². The maximum atomic E-state index is 12.3. The van der Waals surface area contributed by atoms with Crippen LogP contribution in [0.2, 0.25) is 0 Å². The molecular formula is C16H21NO3. The topological polar surface area (TPSA) is 66.4 Å². The number of amides is 1. The zero-order valence-corrected chi connectivity index (χ0v) is 12.0. The molecule has 1 aliphatic rings. The van der Waals surface area contributed by atoms with Crippen molar-refractivity contribution in [1.29, 1.82) is 0 Å². The zero-order chi connectivity index (χ0) is 14.8. The fourth-order valence-electron chi connectivity index (χ4n) is 2.51. The summed E-state index contributed by atoms with van der Waals surface area (Å²) in [5, 5.41) is 11.7. The molecule has 2 N–H and O–H groups in total. The van der Waals surface area contributed by atoms with Crippen molar-refractivity contribution >= 4 is 17.6 Å². The Hall–Kier alpha value is -1.84. The van der Waals surface area contributed by atoms with Crippen LogP contribution >= 0.6 is 0 Å². The molecule has 108 valence electrons. The number of hydrogen-bond donors (Lipinski definition) is 2. The summed E-state index contributed by atoms with van der Waals surface area (Å²) in [6.45, 7) is 4.16. The van der Waals surface area contributed by atoms with Gasteiger partial charge in [-0.3, -0.25) is 9.59 Å². The molecule has 4 heteroatoms. The van der Waals surface area contributed by atoms with Gasteiger partial charge in [0.2, 0.25) is 5.91 Å². The molecule has 0 heterocycles. The van der Waals surface area contributed by atoms with E-state index >= 15 is 0 Å². The van der Waals surface area contributed by atoms with Gasteiger partial charge in [-0.1, -0.05) is 26.0 Å². The van der Waals surface area contributed by atoms with Crippen molar-refractivity contribution in [2.75, 3.05) is 5.32 Å². The summed E-state index contributed by atoms with van der Waals surface area (Å²) in [5.41, 5.74) is 1.49. The van der Waals surface area contributed by atoms with E-state index in [9.17, 15) is 9.59 Å². The first-order chi connectivity index (χ1) is 9.44. The lowest BCUT2D eigenvalue weighted by molar-refractivity contribution is -0.137. The van der Waals surface area contributed by atoms with E-state index in [4.69, 9.17) is 5.11 Å². The van der Waals surface area contributed by atoms with E-state index in [1.807, 2.05) is 24.3 Å². The second kappa shape index (κ2) is 5.65. The first-order valence-corrected chi connectivity index (χ1v) is 7.06. The van der Waals surface area contributed by atoms with E-state index < -0.39 is 5.97 Å². The van der Waals surface area contributed by atoms with Gasteiger partial charge in [-0.05, 0) is 42.9 Å². The summed E-state index contributed by atoms with van der Waals surface area (Å²) in [5.74, 6) is -0.378. The van der Waals surface area contributed by atoms with Gasteiger partial charge in [0, 0.05) is 12.1 Å². The van der Waals surface area contributed by atoms with Crippen LogP contribution in [0.3, 0.4) is 0 Å². The zero-order valence-electron chi connectivity index (χ0n) is 12.0. The average molecular weight is 275 g/mol. The predicted octanol–water partition coefficient (Wildman–Crippen LogP) is 3.08. The van der Waals surface area contributed by atoms with Crippen LogP contribution in [0.5, 0.6) is 0 Å². The van der Waals surface area contributed by atoms with Crippen LogP contribution < -0.4 is 5.32 Å². The van der Waals surface area contributed by atoms with Gasteiger partial charge in [-0.15, -0.1) is 0 Å². The summed E-state index contributed by atoms with van der Waals surface area (Å²) >= 11 is 0. The minimum atomic E-state index is -0.809. The van der Waals surface area contributed by atoms with Crippen molar-refractivity contribution in [3.8, 4) is 0 Å². The van der Waals surface area contributed by atoms with Crippen molar-refractivity contribution in [2.24, 2.45) is 11.3 Å². The van der Waals surface area contributed by atoms with Gasteiger partial charge in [0.25, 0.3) is 0 Å². The highest BCUT2D eigenvalue weighted by molar-refractivity contribution is 5.97. The minimum absolute atomic E-state index is 0.0860. The van der Waals surface area contributed by atoms with Gasteiger partial charge < -0.3 is 10.4 Å². The van der Waals surface area contributed by atoms with E-state index in [1.54, 1.807) is 0 Å². The Morgan fingerprint density at radius 2 is 2.05 bits per heavy atom. The van der Waals surface area contributed by atoms with Crippen molar-refractivity contribution in [3.63, 3.8) is 0 Å². The van der Waals surface area contributed by atoms with Crippen LogP contribution in [0.1, 0.15) is 38.7 Å². The molecule has 0 unspecified atom stereocenters. The molecule has 1 fully saturated rings. The molecule has 0 saturated heterocycles. The quantitative estimate of drug-likeness (QED) is 0.838. The van der Waals surface area contributed by atoms with Crippen molar-refractivity contribution in [2.45, 2.75) is 39.5 Å². The number of hydrogen-bond acceptors (Lipinski definition) is 2. The van der Waals surface area contributed by atoms with Crippen LogP contribution in [-0.2, 0) is 16.0 Å². The molecule has 2 rings (SSSR count). The fourth-order valence-corrected chi connectivity index (χ4v) is 2.51. The highest BCUT2D eigenvalue weighted by atomic mass is 16.4. The summed E-state index contributed by atoms with van der Waals surface area (Å²) in [6, 6.07) is 7.44. The Bertz CT molecular complexity index is 518. The highest BCUT2D eigenvalue weighted by Crippen LogP contribution is 2.52. The smallest absolute Gasteiger partial charge is 0.303 e. The lowest BCUT2D eigenvalue weighted by atomic mass is 9.91. The Balaban J connectivity index is 2.01. The number of rotatable bonds is 6. The van der Waals surface area contributed by atoms with Crippen LogP contribution in [0.15, 0.2) is 24.3 Å². The van der Waals surface area contributed by atoms with Gasteiger partial charge in [0.05, 0.1) is 5.41 Å². The normalized spacial score (nSPS) is 15.9. The molecule has 1 saturated carbocycles. The first kappa shape index (κ1) is 14.6.